The van der Waals surface area contributed by atoms with Crippen LogP contribution in [0.1, 0.15) is 39.0 Å². The topological polar surface area (TPSA) is 49.4 Å². The van der Waals surface area contributed by atoms with Gasteiger partial charge in [0.05, 0.1) is 11.5 Å². The van der Waals surface area contributed by atoms with Crippen LogP contribution in [0.5, 0.6) is 0 Å². The van der Waals surface area contributed by atoms with E-state index in [1.54, 1.807) is 0 Å². The van der Waals surface area contributed by atoms with Crippen molar-refractivity contribution in [2.24, 2.45) is 0 Å². The summed E-state index contributed by atoms with van der Waals surface area (Å²) in [7, 11) is -2.75. The molecule has 1 aliphatic rings. The first kappa shape index (κ1) is 15.9. The average molecular weight is 276 g/mol. The Labute approximate surface area is 112 Å². The van der Waals surface area contributed by atoms with Gasteiger partial charge in [-0.3, -0.25) is 0 Å². The third kappa shape index (κ3) is 7.34. The van der Waals surface area contributed by atoms with Gasteiger partial charge in [-0.15, -0.1) is 0 Å². The minimum atomic E-state index is -2.75. The van der Waals surface area contributed by atoms with E-state index in [4.69, 9.17) is 0 Å². The SMILES string of the molecule is CCNCCCCCCN1CCCS(=O)(=O)CC1. The standard InChI is InChI=1S/C13H28N2O2S/c1-2-14-8-5-3-4-6-9-15-10-7-12-18(16,17)13-11-15/h14H,2-13H2,1H3. The Morgan fingerprint density at radius 3 is 2.61 bits per heavy atom. The zero-order valence-corrected chi connectivity index (χ0v) is 12.5. The molecule has 4 nitrogen and oxygen atoms in total. The number of unbranched alkanes of at least 4 members (excludes halogenated alkanes) is 3. The van der Waals surface area contributed by atoms with Gasteiger partial charge in [0, 0.05) is 6.54 Å². The van der Waals surface area contributed by atoms with Crippen LogP contribution in [0.25, 0.3) is 0 Å². The number of nitrogens with one attached hydrogen (secondary N) is 1. The van der Waals surface area contributed by atoms with Crippen LogP contribution in [0.3, 0.4) is 0 Å². The molecule has 0 aromatic carbocycles. The second-order valence-corrected chi connectivity index (χ2v) is 7.42. The summed E-state index contributed by atoms with van der Waals surface area (Å²) in [5, 5.41) is 3.33. The molecule has 0 aromatic heterocycles. The van der Waals surface area contributed by atoms with Crippen LogP contribution in [0.2, 0.25) is 0 Å². The molecule has 0 radical (unpaired) electrons. The highest BCUT2D eigenvalue weighted by atomic mass is 32.2. The number of hydrogen-bond donors (Lipinski definition) is 1. The summed E-state index contributed by atoms with van der Waals surface area (Å²) in [5.74, 6) is 0.736. The lowest BCUT2D eigenvalue weighted by atomic mass is 10.2. The van der Waals surface area contributed by atoms with Crippen molar-refractivity contribution in [1.82, 2.24) is 10.2 Å². The van der Waals surface area contributed by atoms with E-state index < -0.39 is 9.84 Å². The first-order valence-electron chi connectivity index (χ1n) is 7.27. The van der Waals surface area contributed by atoms with E-state index in [0.717, 1.165) is 39.1 Å². The van der Waals surface area contributed by atoms with Gasteiger partial charge in [-0.2, -0.15) is 0 Å². The maximum Gasteiger partial charge on any atom is 0.151 e. The van der Waals surface area contributed by atoms with Gasteiger partial charge in [0.1, 0.15) is 0 Å². The Kier molecular flexibility index (Phi) is 7.86. The lowest BCUT2D eigenvalue weighted by molar-refractivity contribution is 0.287. The van der Waals surface area contributed by atoms with Crippen LogP contribution in [0.4, 0.5) is 0 Å². The highest BCUT2D eigenvalue weighted by molar-refractivity contribution is 7.91. The van der Waals surface area contributed by atoms with E-state index in [9.17, 15) is 8.42 Å². The molecule has 1 fully saturated rings. The van der Waals surface area contributed by atoms with E-state index in [1.165, 1.54) is 25.7 Å². The Morgan fingerprint density at radius 1 is 1.06 bits per heavy atom. The van der Waals surface area contributed by atoms with E-state index in [-0.39, 0.29) is 0 Å². The molecule has 0 spiro atoms. The van der Waals surface area contributed by atoms with Gasteiger partial charge < -0.3 is 10.2 Å². The Hall–Kier alpha value is -0.130. The lowest BCUT2D eigenvalue weighted by Crippen LogP contribution is -2.28. The molecule has 0 amide bonds. The Bertz CT molecular complexity index is 304. The van der Waals surface area contributed by atoms with Crippen molar-refractivity contribution < 1.29 is 8.42 Å². The van der Waals surface area contributed by atoms with Gasteiger partial charge in [0.25, 0.3) is 0 Å². The zero-order chi connectivity index (χ0) is 13.3. The van der Waals surface area contributed by atoms with E-state index in [2.05, 4.69) is 17.1 Å². The van der Waals surface area contributed by atoms with Crippen molar-refractivity contribution in [3.8, 4) is 0 Å². The highest BCUT2D eigenvalue weighted by Crippen LogP contribution is 2.07. The van der Waals surface area contributed by atoms with Crippen LogP contribution in [-0.4, -0.2) is 57.5 Å². The van der Waals surface area contributed by atoms with Crippen molar-refractivity contribution in [2.75, 3.05) is 44.2 Å². The molecule has 1 heterocycles. The summed E-state index contributed by atoms with van der Waals surface area (Å²) in [4.78, 5) is 2.31. The number of nitrogens with zero attached hydrogens (tertiary/aromatic N) is 1. The van der Waals surface area contributed by atoms with Crippen molar-refractivity contribution in [2.45, 2.75) is 39.0 Å². The number of sulfone groups is 1. The minimum absolute atomic E-state index is 0.355. The molecule has 0 atom stereocenters. The summed E-state index contributed by atoms with van der Waals surface area (Å²) in [6.45, 7) is 7.07. The van der Waals surface area contributed by atoms with Crippen molar-refractivity contribution >= 4 is 9.84 Å². The predicted octanol–water partition coefficient (Wildman–Crippen LogP) is 1.28. The smallest absolute Gasteiger partial charge is 0.151 e. The van der Waals surface area contributed by atoms with Gasteiger partial charge >= 0.3 is 0 Å². The molecule has 108 valence electrons. The largest absolute Gasteiger partial charge is 0.317 e. The Morgan fingerprint density at radius 2 is 1.83 bits per heavy atom. The first-order valence-corrected chi connectivity index (χ1v) is 9.09. The van der Waals surface area contributed by atoms with E-state index >= 15 is 0 Å². The van der Waals surface area contributed by atoms with Crippen LogP contribution in [0.15, 0.2) is 0 Å². The monoisotopic (exact) mass is 276 g/mol. The van der Waals surface area contributed by atoms with Crippen LogP contribution in [-0.2, 0) is 9.84 Å². The molecule has 0 bridgehead atoms. The molecule has 18 heavy (non-hydrogen) atoms. The van der Waals surface area contributed by atoms with Crippen molar-refractivity contribution in [3.63, 3.8) is 0 Å². The Balaban J connectivity index is 2.02. The van der Waals surface area contributed by atoms with Gasteiger partial charge in [-0.05, 0) is 45.4 Å². The fourth-order valence-electron chi connectivity index (χ4n) is 2.33. The molecule has 1 aliphatic heterocycles. The van der Waals surface area contributed by atoms with Crippen molar-refractivity contribution in [1.29, 1.82) is 0 Å². The summed E-state index contributed by atoms with van der Waals surface area (Å²) in [5.41, 5.74) is 0. The summed E-state index contributed by atoms with van der Waals surface area (Å²) in [6.07, 6.45) is 5.80. The molecule has 1 N–H and O–H groups in total. The third-order valence-electron chi connectivity index (χ3n) is 3.48. The first-order chi connectivity index (χ1) is 8.64. The molecule has 0 saturated carbocycles. The summed E-state index contributed by atoms with van der Waals surface area (Å²) >= 11 is 0. The van der Waals surface area contributed by atoms with Crippen LogP contribution in [0, 0.1) is 0 Å². The molecule has 1 rings (SSSR count). The zero-order valence-electron chi connectivity index (χ0n) is 11.7. The lowest BCUT2D eigenvalue weighted by Gasteiger charge is -2.18. The van der Waals surface area contributed by atoms with Gasteiger partial charge in [0.2, 0.25) is 0 Å². The van der Waals surface area contributed by atoms with E-state index in [0.29, 0.717) is 11.5 Å². The van der Waals surface area contributed by atoms with Gasteiger partial charge in [-0.25, -0.2) is 8.42 Å². The molecule has 0 unspecified atom stereocenters. The summed E-state index contributed by atoms with van der Waals surface area (Å²) < 4.78 is 22.9. The second kappa shape index (κ2) is 8.88. The van der Waals surface area contributed by atoms with Crippen LogP contribution >= 0.6 is 0 Å². The fourth-order valence-corrected chi connectivity index (χ4v) is 3.64. The van der Waals surface area contributed by atoms with Crippen LogP contribution < -0.4 is 5.32 Å². The number of hydrogen-bond acceptors (Lipinski definition) is 4. The maximum absolute atomic E-state index is 11.5. The van der Waals surface area contributed by atoms with Gasteiger partial charge in [-0.1, -0.05) is 19.8 Å². The predicted molar refractivity (Wildman–Crippen MR) is 76.7 cm³/mol. The summed E-state index contributed by atoms with van der Waals surface area (Å²) in [6, 6.07) is 0. The molecule has 1 saturated heterocycles. The molecular formula is C13H28N2O2S. The molecular weight excluding hydrogens is 248 g/mol. The van der Waals surface area contributed by atoms with Gasteiger partial charge in [0.15, 0.2) is 9.84 Å². The normalized spacial score (nSPS) is 20.7. The maximum atomic E-state index is 11.5. The second-order valence-electron chi connectivity index (χ2n) is 5.11. The highest BCUT2D eigenvalue weighted by Gasteiger charge is 2.18. The molecule has 0 aliphatic carbocycles. The fraction of sp³-hybridized carbons (Fsp3) is 1.00. The third-order valence-corrected chi connectivity index (χ3v) is 5.19. The quantitative estimate of drug-likeness (QED) is 0.679. The number of rotatable bonds is 8. The molecule has 0 aromatic rings. The molecule has 5 heteroatoms. The van der Waals surface area contributed by atoms with E-state index in [1.807, 2.05) is 0 Å². The average Bonchev–Trinajstić information content (AvgIpc) is 2.50. The minimum Gasteiger partial charge on any atom is -0.317 e. The van der Waals surface area contributed by atoms with Crippen molar-refractivity contribution in [3.05, 3.63) is 0 Å².